The van der Waals surface area contributed by atoms with Gasteiger partial charge in [-0.05, 0) is 24.6 Å². The minimum Gasteiger partial charge on any atom is -0.265 e. The quantitative estimate of drug-likeness (QED) is 0.447. The minimum atomic E-state index is -5.15. The van der Waals surface area contributed by atoms with Crippen LogP contribution >= 0.6 is 0 Å². The van der Waals surface area contributed by atoms with E-state index in [4.69, 9.17) is 8.19 Å². The van der Waals surface area contributed by atoms with Crippen LogP contribution in [-0.4, -0.2) is 38.4 Å². The van der Waals surface area contributed by atoms with Crippen LogP contribution in [0.4, 0.5) is 5.69 Å². The molecule has 8 heteroatoms. The average molecular weight is 368 g/mol. The molecule has 4 N–H and O–H groups in total. The van der Waals surface area contributed by atoms with Gasteiger partial charge in [-0.25, -0.2) is 0 Å². The van der Waals surface area contributed by atoms with Crippen molar-refractivity contribution < 1.29 is 21.8 Å². The van der Waals surface area contributed by atoms with Crippen molar-refractivity contribution in [1.82, 2.24) is 4.98 Å². The molecule has 1 aromatic carbocycles. The summed E-state index contributed by atoms with van der Waals surface area (Å²) in [6.45, 7) is 3.27. The molecule has 22 heavy (non-hydrogen) atoms. The normalized spacial score (nSPS) is 10.4. The van der Waals surface area contributed by atoms with Gasteiger partial charge in [0.2, 0.25) is 0 Å². The monoisotopic (exact) mass is 368 g/mol. The number of nitrogens with one attached hydrogen (secondary N) is 1. The molecule has 0 bridgehead atoms. The summed E-state index contributed by atoms with van der Waals surface area (Å²) in [4.78, 5) is 14.6. The van der Waals surface area contributed by atoms with Crippen LogP contribution in [0.2, 0.25) is 0 Å². The van der Waals surface area contributed by atoms with Crippen LogP contribution in [0, 0.1) is 6.92 Å². The maximum atomic E-state index is 11.0. The number of para-hydroxylation sites is 1. The first-order valence-electron chi connectivity index (χ1n) is 6.24. The molecule has 0 unspecified atom stereocenters. The molecule has 1 aromatic heterocycles. The molecule has 0 aliphatic carbocycles. The van der Waals surface area contributed by atoms with Crippen LogP contribution in [0.15, 0.2) is 42.7 Å². The van der Waals surface area contributed by atoms with E-state index in [9.17, 15) is 13.6 Å². The number of hydrogen-bond donors (Lipinski definition) is 4. The second kappa shape index (κ2) is 7.79. The van der Waals surface area contributed by atoms with Crippen molar-refractivity contribution in [2.75, 3.05) is 5.32 Å². The molecule has 7 nitrogen and oxygen atoms in total. The number of phenolic OH excluding ortho intramolecular Hbond substituents is 1. The van der Waals surface area contributed by atoms with E-state index in [2.05, 4.69) is 10.3 Å². The van der Waals surface area contributed by atoms with E-state index in [1.54, 1.807) is 12.4 Å². The molecule has 0 saturated carbocycles. The van der Waals surface area contributed by atoms with Crippen molar-refractivity contribution in [3.63, 3.8) is 0 Å². The largest absolute Gasteiger partial charge is 0.265 e. The second-order valence-corrected chi connectivity index (χ2v) is 7.72. The maximum Gasteiger partial charge on any atom is 0.0270 e. The van der Waals surface area contributed by atoms with Crippen molar-refractivity contribution in [2.24, 2.45) is 0 Å². The van der Waals surface area contributed by atoms with Crippen molar-refractivity contribution in [2.45, 2.75) is 13.8 Å². The number of hydrogen-bond acceptors (Lipinski definition) is 4. The zero-order chi connectivity index (χ0) is 16.8. The number of aromatic nitrogens is 1. The summed E-state index contributed by atoms with van der Waals surface area (Å²) in [6, 6.07) is 7.77. The maximum absolute atomic E-state index is 11.0. The van der Waals surface area contributed by atoms with Gasteiger partial charge in [-0.2, -0.15) is 0 Å². The van der Waals surface area contributed by atoms with Crippen molar-refractivity contribution in [3.05, 3.63) is 48.3 Å². The van der Waals surface area contributed by atoms with E-state index in [0.717, 1.165) is 6.07 Å². The molecule has 2 aromatic rings. The Kier molecular flexibility index (Phi) is 6.36. The van der Waals surface area contributed by atoms with Gasteiger partial charge in [-0.15, -0.1) is 0 Å². The fraction of sp³-hybridized carbons (Fsp3) is 0.143. The molecule has 2 rings (SSSR count). The predicted octanol–water partition coefficient (Wildman–Crippen LogP) is 0.302. The Labute approximate surface area is 130 Å². The zero-order valence-corrected chi connectivity index (χ0v) is 14.0. The summed E-state index contributed by atoms with van der Waals surface area (Å²) in [5.74, 6) is -1.01. The van der Waals surface area contributed by atoms with Crippen LogP contribution in [0.1, 0.15) is 12.5 Å². The van der Waals surface area contributed by atoms with E-state index in [0.29, 0.717) is 0 Å². The number of carbonyl (C=O) groups excluding carboxylic acids is 1. The summed E-state index contributed by atoms with van der Waals surface area (Å²) in [5, 5.41) is 11.7. The molecular weight excluding hydrogens is 351 g/mol. The summed E-state index contributed by atoms with van der Waals surface area (Å²) in [7, 11) is 0. The molecule has 0 spiro atoms. The van der Waals surface area contributed by atoms with Gasteiger partial charge in [0, 0.05) is 12.4 Å². The number of benzene rings is 1. The Bertz CT molecular complexity index is 685. The van der Waals surface area contributed by atoms with Crippen LogP contribution in [0.5, 0.6) is 5.75 Å². The van der Waals surface area contributed by atoms with Gasteiger partial charge in [0.1, 0.15) is 0 Å². The third-order valence-electron chi connectivity index (χ3n) is 2.49. The first kappa shape index (κ1) is 18.0. The standard InChI is InChI=1S/C8H10AsNO5.C6H7N/c1-5(11)10-7-4-2-3-6(8(7)12)9(13,14)15;1-6-2-4-7-5-3-6/h2-4,12H,1H3,(H,10,11)(H2,13,14,15);2-5H,1H3. The van der Waals surface area contributed by atoms with Crippen molar-refractivity contribution >= 4 is 30.1 Å². The van der Waals surface area contributed by atoms with Crippen LogP contribution in [0.25, 0.3) is 0 Å². The number of aromatic hydroxyl groups is 1. The number of nitrogens with zero attached hydrogens (tertiary/aromatic N) is 1. The number of rotatable bonds is 2. The zero-order valence-electron chi connectivity index (χ0n) is 12.1. The van der Waals surface area contributed by atoms with Gasteiger partial charge in [0.25, 0.3) is 0 Å². The summed E-state index contributed by atoms with van der Waals surface area (Å²) in [6.07, 6.45) is 3.57. The van der Waals surface area contributed by atoms with Crippen molar-refractivity contribution in [1.29, 1.82) is 0 Å². The molecule has 0 aliphatic heterocycles. The Balaban J connectivity index is 0.000000287. The van der Waals surface area contributed by atoms with Crippen LogP contribution in [0.3, 0.4) is 0 Å². The third kappa shape index (κ3) is 5.73. The summed E-state index contributed by atoms with van der Waals surface area (Å²) >= 11 is -5.15. The molecule has 0 aliphatic rings. The summed E-state index contributed by atoms with van der Waals surface area (Å²) < 4.78 is 28.4. The summed E-state index contributed by atoms with van der Waals surface area (Å²) in [5.41, 5.74) is 1.25. The molecule has 1 heterocycles. The Hall–Kier alpha value is -2.08. The number of carbonyl (C=O) groups is 1. The van der Waals surface area contributed by atoms with Crippen molar-refractivity contribution in [3.8, 4) is 5.75 Å². The number of pyridine rings is 1. The Morgan fingerprint density at radius 3 is 2.18 bits per heavy atom. The van der Waals surface area contributed by atoms with Gasteiger partial charge in [-0.3, -0.25) is 4.98 Å². The fourth-order valence-corrected chi connectivity index (χ4v) is 2.90. The van der Waals surface area contributed by atoms with E-state index in [1.165, 1.54) is 24.6 Å². The SMILES string of the molecule is CC(=O)Nc1cccc([As](=O)(O)O)c1O.Cc1ccncc1. The van der Waals surface area contributed by atoms with Gasteiger partial charge < -0.3 is 0 Å². The molecule has 0 atom stereocenters. The van der Waals surface area contributed by atoms with Gasteiger partial charge in [0.15, 0.2) is 0 Å². The minimum absolute atomic E-state index is 0.00951. The number of phenols is 1. The topological polar surface area (TPSA) is 120 Å². The smallest absolute Gasteiger partial charge is 0.0270 e. The number of amides is 1. The molecule has 1 amide bonds. The van der Waals surface area contributed by atoms with Gasteiger partial charge in [0.05, 0.1) is 0 Å². The van der Waals surface area contributed by atoms with Crippen LogP contribution < -0.4 is 9.67 Å². The van der Waals surface area contributed by atoms with E-state index in [1.807, 2.05) is 19.1 Å². The molecule has 118 valence electrons. The Morgan fingerprint density at radius 2 is 1.77 bits per heavy atom. The van der Waals surface area contributed by atoms with Gasteiger partial charge in [-0.1, -0.05) is 0 Å². The molecular formula is C14H17AsN2O5. The number of anilines is 1. The van der Waals surface area contributed by atoms with E-state index in [-0.39, 0.29) is 5.69 Å². The first-order chi connectivity index (χ1) is 10.2. The molecule has 0 saturated heterocycles. The number of aryl methyl sites for hydroxylation is 1. The first-order valence-corrected chi connectivity index (χ1v) is 9.62. The van der Waals surface area contributed by atoms with E-state index >= 15 is 0 Å². The fourth-order valence-electron chi connectivity index (χ4n) is 1.48. The second-order valence-electron chi connectivity index (χ2n) is 4.42. The molecule has 0 fully saturated rings. The average Bonchev–Trinajstić information content (AvgIpc) is 2.41. The third-order valence-corrected chi connectivity index (χ3v) is 4.56. The van der Waals surface area contributed by atoms with E-state index < -0.39 is 30.2 Å². The Morgan fingerprint density at radius 1 is 1.18 bits per heavy atom. The molecule has 0 radical (unpaired) electrons. The predicted molar refractivity (Wildman–Crippen MR) is 81.9 cm³/mol. The van der Waals surface area contributed by atoms with Gasteiger partial charge >= 0.3 is 88.1 Å². The van der Waals surface area contributed by atoms with Crippen LogP contribution in [-0.2, 0) is 8.53 Å².